The maximum absolute atomic E-state index is 12.1. The van der Waals surface area contributed by atoms with E-state index in [1.165, 1.54) is 5.56 Å². The number of halogens is 1. The van der Waals surface area contributed by atoms with Crippen LogP contribution in [0.15, 0.2) is 24.3 Å². The number of rotatable bonds is 5. The molecule has 1 amide bonds. The molecule has 2 atom stereocenters. The summed E-state index contributed by atoms with van der Waals surface area (Å²) in [5.41, 5.74) is 1.18. The van der Waals surface area contributed by atoms with Crippen molar-refractivity contribution in [3.63, 3.8) is 0 Å². The second-order valence-corrected chi connectivity index (χ2v) is 6.67. The van der Waals surface area contributed by atoms with Gasteiger partial charge in [-0.1, -0.05) is 23.7 Å². The van der Waals surface area contributed by atoms with Gasteiger partial charge in [-0.25, -0.2) is 0 Å². The molecule has 2 unspecified atom stereocenters. The molecule has 1 aromatic rings. The Morgan fingerprint density at radius 3 is 2.80 bits per heavy atom. The van der Waals surface area contributed by atoms with Crippen molar-refractivity contribution in [3.8, 4) is 0 Å². The molecule has 1 aliphatic heterocycles. The summed E-state index contributed by atoms with van der Waals surface area (Å²) in [6.07, 6.45) is 0.583. The second kappa shape index (κ2) is 7.34. The van der Waals surface area contributed by atoms with Crippen molar-refractivity contribution in [2.45, 2.75) is 25.2 Å². The lowest BCUT2D eigenvalue weighted by atomic mass is 10.0. The van der Waals surface area contributed by atoms with Gasteiger partial charge in [0, 0.05) is 29.8 Å². The molecule has 3 nitrogen and oxygen atoms in total. The van der Waals surface area contributed by atoms with Crippen LogP contribution in [0, 0.1) is 5.92 Å². The van der Waals surface area contributed by atoms with Crippen LogP contribution in [0.4, 0.5) is 0 Å². The van der Waals surface area contributed by atoms with Crippen LogP contribution in [0.5, 0.6) is 0 Å². The Balaban J connectivity index is 1.72. The minimum Gasteiger partial charge on any atom is -0.393 e. The second-order valence-electron chi connectivity index (χ2n) is 5.25. The fourth-order valence-corrected chi connectivity index (χ4v) is 3.35. The smallest absolute Gasteiger partial charge is 0.232 e. The number of carbonyl (C=O) groups excluding carboxylic acids is 1. The lowest BCUT2D eigenvalue weighted by Gasteiger charge is -2.17. The van der Waals surface area contributed by atoms with E-state index in [4.69, 9.17) is 11.6 Å². The molecule has 0 saturated carbocycles. The highest BCUT2D eigenvalue weighted by molar-refractivity contribution is 7.99. The van der Waals surface area contributed by atoms with Crippen LogP contribution in [0.3, 0.4) is 0 Å². The van der Waals surface area contributed by atoms with Crippen LogP contribution in [0.25, 0.3) is 0 Å². The lowest BCUT2D eigenvalue weighted by Crippen LogP contribution is -2.31. The minimum absolute atomic E-state index is 0.173. The highest BCUT2D eigenvalue weighted by Gasteiger charge is 2.28. The summed E-state index contributed by atoms with van der Waals surface area (Å²) in [6, 6.07) is 7.71. The standard InChI is InChI=1S/C15H20ClNO2S/c1-11(18)13-6-7-17(8-13)15(19)10-20-9-12-2-4-14(16)5-3-12/h2-5,11,13,18H,6-10H2,1H3. The van der Waals surface area contributed by atoms with Gasteiger partial charge in [0.25, 0.3) is 0 Å². The van der Waals surface area contributed by atoms with Crippen molar-refractivity contribution in [1.82, 2.24) is 4.90 Å². The first kappa shape index (κ1) is 15.7. The maximum Gasteiger partial charge on any atom is 0.232 e. The topological polar surface area (TPSA) is 40.5 Å². The highest BCUT2D eigenvalue weighted by atomic mass is 35.5. The molecule has 0 aromatic heterocycles. The number of thioether (sulfide) groups is 1. The molecule has 1 aliphatic rings. The molecule has 1 saturated heterocycles. The van der Waals surface area contributed by atoms with Crippen molar-refractivity contribution in [1.29, 1.82) is 0 Å². The summed E-state index contributed by atoms with van der Waals surface area (Å²) in [6.45, 7) is 3.27. The van der Waals surface area contributed by atoms with Gasteiger partial charge in [-0.3, -0.25) is 4.79 Å². The van der Waals surface area contributed by atoms with E-state index >= 15 is 0 Å². The number of likely N-dealkylation sites (tertiary alicyclic amines) is 1. The Bertz CT molecular complexity index is 450. The first-order valence-electron chi connectivity index (χ1n) is 6.84. The predicted octanol–water partition coefficient (Wildman–Crippen LogP) is 2.80. The first-order chi connectivity index (χ1) is 9.56. The average molecular weight is 314 g/mol. The fraction of sp³-hybridized carbons (Fsp3) is 0.533. The van der Waals surface area contributed by atoms with Crippen molar-refractivity contribution in [3.05, 3.63) is 34.9 Å². The Labute approximate surface area is 129 Å². The van der Waals surface area contributed by atoms with Crippen molar-refractivity contribution < 1.29 is 9.90 Å². The molecule has 1 heterocycles. The van der Waals surface area contributed by atoms with Crippen LogP contribution in [-0.2, 0) is 10.5 Å². The third-order valence-electron chi connectivity index (χ3n) is 3.67. The van der Waals surface area contributed by atoms with Gasteiger partial charge < -0.3 is 10.0 Å². The van der Waals surface area contributed by atoms with E-state index in [1.807, 2.05) is 29.2 Å². The zero-order valence-corrected chi connectivity index (χ0v) is 13.2. The van der Waals surface area contributed by atoms with E-state index < -0.39 is 0 Å². The molecule has 0 spiro atoms. The van der Waals surface area contributed by atoms with Crippen LogP contribution in [-0.4, -0.2) is 40.9 Å². The first-order valence-corrected chi connectivity index (χ1v) is 8.37. The molecule has 20 heavy (non-hydrogen) atoms. The van der Waals surface area contributed by atoms with Crippen LogP contribution in [0.2, 0.25) is 5.02 Å². The largest absolute Gasteiger partial charge is 0.393 e. The molecule has 1 N–H and O–H groups in total. The summed E-state index contributed by atoms with van der Waals surface area (Å²) in [4.78, 5) is 13.9. The summed E-state index contributed by atoms with van der Waals surface area (Å²) in [7, 11) is 0. The number of amides is 1. The number of aliphatic hydroxyl groups excluding tert-OH is 1. The number of hydrogen-bond acceptors (Lipinski definition) is 3. The van der Waals surface area contributed by atoms with Crippen molar-refractivity contribution >= 4 is 29.3 Å². The molecule has 1 fully saturated rings. The maximum atomic E-state index is 12.1. The summed E-state index contributed by atoms with van der Waals surface area (Å²) in [5, 5.41) is 10.3. The average Bonchev–Trinajstić information content (AvgIpc) is 2.91. The zero-order chi connectivity index (χ0) is 14.5. The monoisotopic (exact) mass is 313 g/mol. The Morgan fingerprint density at radius 1 is 1.50 bits per heavy atom. The van der Waals surface area contributed by atoms with Crippen molar-refractivity contribution in [2.24, 2.45) is 5.92 Å². The quantitative estimate of drug-likeness (QED) is 0.908. The number of nitrogens with zero attached hydrogens (tertiary/aromatic N) is 1. The number of hydrogen-bond donors (Lipinski definition) is 1. The number of carbonyl (C=O) groups is 1. The number of aliphatic hydroxyl groups is 1. The van der Waals surface area contributed by atoms with E-state index in [9.17, 15) is 9.90 Å². The van der Waals surface area contributed by atoms with Gasteiger partial charge in [0.1, 0.15) is 0 Å². The molecule has 1 aromatic carbocycles. The molecule has 5 heteroatoms. The highest BCUT2D eigenvalue weighted by Crippen LogP contribution is 2.21. The van der Waals surface area contributed by atoms with Crippen molar-refractivity contribution in [2.75, 3.05) is 18.8 Å². The van der Waals surface area contributed by atoms with E-state index in [0.29, 0.717) is 12.3 Å². The molecular formula is C15H20ClNO2S. The molecule has 110 valence electrons. The molecule has 0 aliphatic carbocycles. The van der Waals surface area contributed by atoms with E-state index in [2.05, 4.69) is 0 Å². The predicted molar refractivity (Wildman–Crippen MR) is 84.0 cm³/mol. The summed E-state index contributed by atoms with van der Waals surface area (Å²) < 4.78 is 0. The van der Waals surface area contributed by atoms with E-state index in [-0.39, 0.29) is 17.9 Å². The lowest BCUT2D eigenvalue weighted by molar-refractivity contribution is -0.127. The van der Waals surface area contributed by atoms with Gasteiger partial charge in [0.05, 0.1) is 11.9 Å². The summed E-state index contributed by atoms with van der Waals surface area (Å²) in [5.74, 6) is 1.72. The third kappa shape index (κ3) is 4.40. The SMILES string of the molecule is CC(O)C1CCN(C(=O)CSCc2ccc(Cl)cc2)C1. The van der Waals surface area contributed by atoms with Crippen LogP contribution < -0.4 is 0 Å². The van der Waals surface area contributed by atoms with E-state index in [0.717, 1.165) is 23.7 Å². The molecule has 0 radical (unpaired) electrons. The van der Waals surface area contributed by atoms with Gasteiger partial charge >= 0.3 is 0 Å². The van der Waals surface area contributed by atoms with Crippen LogP contribution in [0.1, 0.15) is 18.9 Å². The zero-order valence-electron chi connectivity index (χ0n) is 11.6. The van der Waals surface area contributed by atoms with E-state index in [1.54, 1.807) is 18.7 Å². The van der Waals surface area contributed by atoms with Crippen LogP contribution >= 0.6 is 23.4 Å². The molecule has 0 bridgehead atoms. The third-order valence-corrected chi connectivity index (χ3v) is 4.91. The van der Waals surface area contributed by atoms with Gasteiger partial charge in [0.2, 0.25) is 5.91 Å². The van der Waals surface area contributed by atoms with Gasteiger partial charge in [-0.2, -0.15) is 0 Å². The van der Waals surface area contributed by atoms with Gasteiger partial charge in [-0.05, 0) is 31.0 Å². The summed E-state index contributed by atoms with van der Waals surface area (Å²) >= 11 is 7.45. The Kier molecular flexibility index (Phi) is 5.75. The Hall–Kier alpha value is -0.710. The van der Waals surface area contributed by atoms with Gasteiger partial charge in [0.15, 0.2) is 0 Å². The minimum atomic E-state index is -0.325. The molecule has 2 rings (SSSR count). The van der Waals surface area contributed by atoms with Gasteiger partial charge in [-0.15, -0.1) is 11.8 Å². The fourth-order valence-electron chi connectivity index (χ4n) is 2.34. The molecular weight excluding hydrogens is 294 g/mol. The Morgan fingerprint density at radius 2 is 2.20 bits per heavy atom. The number of benzene rings is 1. The normalized spacial score (nSPS) is 20.1.